The monoisotopic (exact) mass is 583 g/mol. The fraction of sp³-hybridized carbons (Fsp3) is 0.581. The Morgan fingerprint density at radius 3 is 2.26 bits per heavy atom. The maximum absolute atomic E-state index is 10.7. The van der Waals surface area contributed by atoms with Crippen LogP contribution < -0.4 is 14.8 Å². The number of carboxylic acid groups (broad SMARTS) is 2. The molecule has 1 aliphatic rings. The lowest BCUT2D eigenvalue weighted by Gasteiger charge is -2.11. The van der Waals surface area contributed by atoms with Crippen LogP contribution in [0.2, 0.25) is 0 Å². The van der Waals surface area contributed by atoms with E-state index in [1.54, 1.807) is 0 Å². The third-order valence-corrected chi connectivity index (χ3v) is 6.97. The van der Waals surface area contributed by atoms with Crippen molar-refractivity contribution in [2.45, 2.75) is 104 Å². The molecular formula is C31H45N5O6. The van der Waals surface area contributed by atoms with Crippen LogP contribution in [-0.2, 0) is 36.0 Å². The van der Waals surface area contributed by atoms with E-state index in [0.29, 0.717) is 19.4 Å². The topological polar surface area (TPSA) is 149 Å². The van der Waals surface area contributed by atoms with Gasteiger partial charge in [0.2, 0.25) is 6.79 Å². The van der Waals surface area contributed by atoms with E-state index in [-0.39, 0.29) is 13.2 Å². The predicted molar refractivity (Wildman–Crippen MR) is 161 cm³/mol. The number of carboxylic acids is 2. The summed E-state index contributed by atoms with van der Waals surface area (Å²) in [6, 6.07) is 5.92. The van der Waals surface area contributed by atoms with Crippen molar-refractivity contribution in [3.8, 4) is 11.5 Å². The van der Waals surface area contributed by atoms with Gasteiger partial charge in [-0.1, -0.05) is 58.4 Å². The van der Waals surface area contributed by atoms with Crippen LogP contribution in [0.5, 0.6) is 11.5 Å². The molecule has 11 nitrogen and oxygen atoms in total. The molecule has 1 aromatic carbocycles. The van der Waals surface area contributed by atoms with Crippen LogP contribution in [0.15, 0.2) is 18.2 Å². The molecule has 4 rings (SSSR count). The van der Waals surface area contributed by atoms with Crippen LogP contribution in [0.25, 0.3) is 11.0 Å². The molecule has 0 aliphatic carbocycles. The number of carbonyl (C=O) groups is 2. The Morgan fingerprint density at radius 1 is 0.881 bits per heavy atom. The van der Waals surface area contributed by atoms with E-state index in [0.717, 1.165) is 103 Å². The third-order valence-electron chi connectivity index (χ3n) is 6.97. The molecule has 1 aliphatic heterocycles. The second-order valence-electron chi connectivity index (χ2n) is 10.6. The van der Waals surface area contributed by atoms with Gasteiger partial charge in [-0.3, -0.25) is 14.3 Å². The van der Waals surface area contributed by atoms with Crippen molar-refractivity contribution < 1.29 is 29.3 Å². The number of ether oxygens (including phenoxy) is 2. The Hall–Kier alpha value is -3.89. The molecule has 0 bridgehead atoms. The molecule has 0 saturated heterocycles. The van der Waals surface area contributed by atoms with Crippen molar-refractivity contribution in [3.05, 3.63) is 35.3 Å². The average Bonchev–Trinajstić information content (AvgIpc) is 3.56. The van der Waals surface area contributed by atoms with Gasteiger partial charge in [0.15, 0.2) is 17.3 Å². The van der Waals surface area contributed by atoms with Gasteiger partial charge in [-0.15, -0.1) is 0 Å². The van der Waals surface area contributed by atoms with E-state index in [1.807, 2.05) is 29.9 Å². The summed E-state index contributed by atoms with van der Waals surface area (Å²) >= 11 is 0. The van der Waals surface area contributed by atoms with E-state index in [9.17, 15) is 9.59 Å². The minimum Gasteiger partial charge on any atom is -0.481 e. The number of aromatic nitrogens is 4. The molecule has 3 heterocycles. The number of nitrogens with zero attached hydrogens (tertiary/aromatic N) is 4. The van der Waals surface area contributed by atoms with Gasteiger partial charge in [-0.2, -0.15) is 5.10 Å². The van der Waals surface area contributed by atoms with Gasteiger partial charge < -0.3 is 25.0 Å². The van der Waals surface area contributed by atoms with Crippen LogP contribution in [-0.4, -0.2) is 48.7 Å². The first-order chi connectivity index (χ1) is 20.3. The molecule has 0 atom stereocenters. The number of anilines is 1. The van der Waals surface area contributed by atoms with Crippen molar-refractivity contribution in [2.24, 2.45) is 7.05 Å². The first-order valence-electron chi connectivity index (χ1n) is 15.1. The van der Waals surface area contributed by atoms with Crippen LogP contribution in [0.3, 0.4) is 0 Å². The Labute approximate surface area is 247 Å². The lowest BCUT2D eigenvalue weighted by molar-refractivity contribution is -0.138. The first-order valence-corrected chi connectivity index (χ1v) is 15.1. The van der Waals surface area contributed by atoms with Crippen molar-refractivity contribution in [3.63, 3.8) is 0 Å². The molecule has 42 heavy (non-hydrogen) atoms. The van der Waals surface area contributed by atoms with Crippen LogP contribution in [0.1, 0.15) is 102 Å². The highest BCUT2D eigenvalue weighted by atomic mass is 16.7. The fourth-order valence-electron chi connectivity index (χ4n) is 4.78. The molecule has 0 amide bonds. The maximum Gasteiger partial charge on any atom is 0.303 e. The molecule has 3 aromatic rings. The number of aliphatic carboxylic acids is 2. The standard InChI is InChI=1S/C24H31N5O4.C7H14O2/c1-3-8-17-22-23(29(2)28-17)24(25-14-16-11-12-18-19(13-16)33-15-32-18)27-20(26-22)9-6-4-5-7-10-21(30)31;1-2-3-4-5-6-7(8)9/h11-13H,3-10,14-15H2,1-2H3,(H,30,31)(H,25,26,27);2-6H2,1H3,(H,8,9). The van der Waals surface area contributed by atoms with Gasteiger partial charge in [0.1, 0.15) is 16.9 Å². The summed E-state index contributed by atoms with van der Waals surface area (Å²) in [5, 5.41) is 25.2. The molecule has 0 spiro atoms. The van der Waals surface area contributed by atoms with Crippen molar-refractivity contribution in [1.82, 2.24) is 19.7 Å². The Bertz CT molecular complexity index is 1310. The van der Waals surface area contributed by atoms with Crippen LogP contribution in [0, 0.1) is 0 Å². The number of nitrogens with one attached hydrogen (secondary N) is 1. The highest BCUT2D eigenvalue weighted by molar-refractivity contribution is 5.87. The number of unbranched alkanes of at least 4 members (excludes halogenated alkanes) is 6. The molecule has 0 radical (unpaired) electrons. The largest absolute Gasteiger partial charge is 0.481 e. The predicted octanol–water partition coefficient (Wildman–Crippen LogP) is 6.28. The molecular weight excluding hydrogens is 538 g/mol. The fourth-order valence-corrected chi connectivity index (χ4v) is 4.78. The number of rotatable bonds is 17. The van der Waals surface area contributed by atoms with E-state index in [1.165, 1.54) is 6.42 Å². The molecule has 11 heteroatoms. The SMILES string of the molecule is CCCCCCC(=O)O.CCCc1nn(C)c2c(NCc3ccc4c(c3)OCO4)nc(CCCCCCC(=O)O)nc12. The lowest BCUT2D eigenvalue weighted by atomic mass is 10.1. The number of fused-ring (bicyclic) bond motifs is 2. The minimum absolute atomic E-state index is 0.229. The Morgan fingerprint density at radius 2 is 1.57 bits per heavy atom. The van der Waals surface area contributed by atoms with E-state index in [4.69, 9.17) is 34.8 Å². The zero-order valence-electron chi connectivity index (χ0n) is 25.2. The molecule has 0 unspecified atom stereocenters. The summed E-state index contributed by atoms with van der Waals surface area (Å²) in [4.78, 5) is 30.3. The van der Waals surface area contributed by atoms with Crippen LogP contribution in [0.4, 0.5) is 5.82 Å². The summed E-state index contributed by atoms with van der Waals surface area (Å²) in [7, 11) is 1.93. The maximum atomic E-state index is 10.7. The van der Waals surface area contributed by atoms with Gasteiger partial charge in [-0.25, -0.2) is 9.97 Å². The van der Waals surface area contributed by atoms with Crippen molar-refractivity contribution >= 4 is 28.8 Å². The summed E-state index contributed by atoms with van der Waals surface area (Å²) in [6.07, 6.45) is 10.9. The van der Waals surface area contributed by atoms with E-state index < -0.39 is 11.9 Å². The van der Waals surface area contributed by atoms with Gasteiger partial charge in [0.05, 0.1) is 5.69 Å². The molecule has 0 saturated carbocycles. The smallest absolute Gasteiger partial charge is 0.303 e. The first kappa shape index (κ1) is 32.6. The molecule has 0 fully saturated rings. The summed E-state index contributed by atoms with van der Waals surface area (Å²) in [5.74, 6) is 1.68. The normalized spacial score (nSPS) is 11.8. The zero-order chi connectivity index (χ0) is 30.3. The number of aryl methyl sites for hydroxylation is 3. The molecule has 3 N–H and O–H groups in total. The Kier molecular flexibility index (Phi) is 13.3. The second kappa shape index (κ2) is 17.2. The summed E-state index contributed by atoms with van der Waals surface area (Å²) in [6.45, 7) is 5.10. The summed E-state index contributed by atoms with van der Waals surface area (Å²) < 4.78 is 12.8. The Balaban J connectivity index is 0.000000467. The number of hydrogen-bond acceptors (Lipinski definition) is 8. The van der Waals surface area contributed by atoms with Gasteiger partial charge in [0.25, 0.3) is 0 Å². The molecule has 230 valence electrons. The van der Waals surface area contributed by atoms with Crippen LogP contribution >= 0.6 is 0 Å². The van der Waals surface area contributed by atoms with E-state index in [2.05, 4.69) is 19.2 Å². The third kappa shape index (κ3) is 10.2. The van der Waals surface area contributed by atoms with Gasteiger partial charge in [0, 0.05) is 32.9 Å². The number of hydrogen-bond donors (Lipinski definition) is 3. The highest BCUT2D eigenvalue weighted by Crippen LogP contribution is 2.33. The van der Waals surface area contributed by atoms with Crippen molar-refractivity contribution in [2.75, 3.05) is 12.1 Å². The van der Waals surface area contributed by atoms with Gasteiger partial charge in [-0.05, 0) is 43.4 Å². The number of benzene rings is 1. The summed E-state index contributed by atoms with van der Waals surface area (Å²) in [5.41, 5.74) is 3.88. The average molecular weight is 584 g/mol. The lowest BCUT2D eigenvalue weighted by Crippen LogP contribution is -2.07. The second-order valence-corrected chi connectivity index (χ2v) is 10.6. The highest BCUT2D eigenvalue weighted by Gasteiger charge is 2.18. The van der Waals surface area contributed by atoms with E-state index >= 15 is 0 Å². The van der Waals surface area contributed by atoms with Gasteiger partial charge >= 0.3 is 11.9 Å². The minimum atomic E-state index is -0.734. The molecule has 2 aromatic heterocycles. The quantitative estimate of drug-likeness (QED) is 0.155. The zero-order valence-corrected chi connectivity index (χ0v) is 25.2. The van der Waals surface area contributed by atoms with Crippen molar-refractivity contribution in [1.29, 1.82) is 0 Å².